The van der Waals surface area contributed by atoms with Crippen molar-refractivity contribution in [3.05, 3.63) is 40.7 Å². The van der Waals surface area contributed by atoms with Crippen LogP contribution in [0.4, 0.5) is 5.69 Å². The molecule has 1 aromatic carbocycles. The number of aryl methyl sites for hydroxylation is 4. The summed E-state index contributed by atoms with van der Waals surface area (Å²) in [6.45, 7) is 9.70. The molecule has 1 amide bonds. The molecule has 0 radical (unpaired) electrons. The fourth-order valence-electron chi connectivity index (χ4n) is 2.84. The predicted octanol–water partition coefficient (Wildman–Crippen LogP) is 2.75. The summed E-state index contributed by atoms with van der Waals surface area (Å²) in [6.07, 6.45) is 0. The fraction of sp³-hybridized carbons (Fsp3) is 0.389. The smallest absolute Gasteiger partial charge is 0.237 e. The Kier molecular flexibility index (Phi) is 5.31. The Hall–Kier alpha value is -2.68. The number of rotatable bonds is 5. The minimum absolute atomic E-state index is 0.116. The number of benzene rings is 1. The summed E-state index contributed by atoms with van der Waals surface area (Å²) in [5.74, 6) is -0.116. The zero-order valence-corrected chi connectivity index (χ0v) is 17.1. The van der Waals surface area contributed by atoms with Crippen LogP contribution in [0.25, 0.3) is 5.69 Å². The lowest BCUT2D eigenvalue weighted by molar-refractivity contribution is -0.115. The summed E-state index contributed by atoms with van der Waals surface area (Å²) >= 11 is 1.32. The van der Waals surface area contributed by atoms with Gasteiger partial charge < -0.3 is 5.32 Å². The molecular formula is C18H23N7OS. The third-order valence-electron chi connectivity index (χ3n) is 4.43. The van der Waals surface area contributed by atoms with Gasteiger partial charge in [-0.2, -0.15) is 9.78 Å². The summed E-state index contributed by atoms with van der Waals surface area (Å²) < 4.78 is 3.42. The molecule has 1 atom stereocenters. The molecule has 0 saturated heterocycles. The zero-order chi connectivity index (χ0) is 19.7. The molecule has 0 aliphatic heterocycles. The molecule has 2 heterocycles. The monoisotopic (exact) mass is 385 g/mol. The second kappa shape index (κ2) is 7.51. The van der Waals surface area contributed by atoms with Crippen LogP contribution in [0, 0.1) is 27.7 Å². The first kappa shape index (κ1) is 19.1. The normalized spacial score (nSPS) is 12.2. The molecule has 3 rings (SSSR count). The number of thioether (sulfide) groups is 1. The number of amides is 1. The SMILES string of the molecule is Cc1ccc(-n2nnnc2S[C@H](C)C(=O)Nc2c(C)nn(C)c2C)c(C)c1. The molecule has 0 aliphatic carbocycles. The van der Waals surface area contributed by atoms with Crippen molar-refractivity contribution < 1.29 is 4.79 Å². The van der Waals surface area contributed by atoms with Crippen molar-refractivity contribution in [2.24, 2.45) is 7.05 Å². The van der Waals surface area contributed by atoms with Gasteiger partial charge in [-0.25, -0.2) is 0 Å². The van der Waals surface area contributed by atoms with Crippen molar-refractivity contribution in [3.63, 3.8) is 0 Å². The summed E-state index contributed by atoms with van der Waals surface area (Å²) in [5, 5.41) is 19.5. The molecule has 0 aliphatic rings. The highest BCUT2D eigenvalue weighted by molar-refractivity contribution is 8.00. The number of carbonyl (C=O) groups is 1. The van der Waals surface area contributed by atoms with Crippen molar-refractivity contribution >= 4 is 23.4 Å². The average Bonchev–Trinajstić information content (AvgIpc) is 3.14. The molecule has 0 fully saturated rings. The Labute approximate surface area is 162 Å². The van der Waals surface area contributed by atoms with E-state index in [1.54, 1.807) is 9.36 Å². The van der Waals surface area contributed by atoms with E-state index in [2.05, 4.69) is 32.0 Å². The molecule has 9 heteroatoms. The lowest BCUT2D eigenvalue weighted by Gasteiger charge is -2.13. The second-order valence-corrected chi connectivity index (χ2v) is 7.89. The molecule has 27 heavy (non-hydrogen) atoms. The molecular weight excluding hydrogens is 362 g/mol. The number of carbonyl (C=O) groups excluding carboxylic acids is 1. The Morgan fingerprint density at radius 3 is 2.59 bits per heavy atom. The number of hydrogen-bond donors (Lipinski definition) is 1. The maximum Gasteiger partial charge on any atom is 0.237 e. The lowest BCUT2D eigenvalue weighted by Crippen LogP contribution is -2.23. The minimum atomic E-state index is -0.375. The maximum atomic E-state index is 12.7. The van der Waals surface area contributed by atoms with Crippen LogP contribution in [0.3, 0.4) is 0 Å². The Balaban J connectivity index is 1.78. The first-order valence-electron chi connectivity index (χ1n) is 8.61. The Morgan fingerprint density at radius 1 is 1.22 bits per heavy atom. The van der Waals surface area contributed by atoms with Crippen molar-refractivity contribution in [1.82, 2.24) is 30.0 Å². The minimum Gasteiger partial charge on any atom is -0.322 e. The van der Waals surface area contributed by atoms with E-state index < -0.39 is 0 Å². The van der Waals surface area contributed by atoms with Gasteiger partial charge in [0.25, 0.3) is 0 Å². The number of nitrogens with one attached hydrogen (secondary N) is 1. The lowest BCUT2D eigenvalue weighted by atomic mass is 10.1. The molecule has 3 aromatic rings. The van der Waals surface area contributed by atoms with Gasteiger partial charge in [-0.15, -0.1) is 5.10 Å². The van der Waals surface area contributed by atoms with Crippen LogP contribution in [0.2, 0.25) is 0 Å². The Morgan fingerprint density at radius 2 is 1.96 bits per heavy atom. The van der Waals surface area contributed by atoms with E-state index in [9.17, 15) is 4.79 Å². The third kappa shape index (κ3) is 3.87. The molecule has 8 nitrogen and oxygen atoms in total. The van der Waals surface area contributed by atoms with Gasteiger partial charge in [-0.1, -0.05) is 29.5 Å². The van der Waals surface area contributed by atoms with Gasteiger partial charge in [0.2, 0.25) is 11.1 Å². The van der Waals surface area contributed by atoms with Gasteiger partial charge >= 0.3 is 0 Å². The molecule has 142 valence electrons. The van der Waals surface area contributed by atoms with Gasteiger partial charge in [-0.05, 0) is 56.7 Å². The van der Waals surface area contributed by atoms with E-state index in [-0.39, 0.29) is 11.2 Å². The largest absolute Gasteiger partial charge is 0.322 e. The maximum absolute atomic E-state index is 12.7. The van der Waals surface area contributed by atoms with E-state index in [4.69, 9.17) is 0 Å². The summed E-state index contributed by atoms with van der Waals surface area (Å²) in [4.78, 5) is 12.7. The van der Waals surface area contributed by atoms with Crippen LogP contribution in [-0.2, 0) is 11.8 Å². The first-order chi connectivity index (χ1) is 12.8. The van der Waals surface area contributed by atoms with E-state index >= 15 is 0 Å². The molecule has 2 aromatic heterocycles. The quantitative estimate of drug-likeness (QED) is 0.679. The van der Waals surface area contributed by atoms with Crippen LogP contribution < -0.4 is 5.32 Å². The van der Waals surface area contributed by atoms with Gasteiger partial charge in [0.1, 0.15) is 0 Å². The Bertz CT molecular complexity index is 992. The number of aromatic nitrogens is 6. The first-order valence-corrected chi connectivity index (χ1v) is 9.49. The van der Waals surface area contributed by atoms with E-state index in [0.29, 0.717) is 5.16 Å². The number of anilines is 1. The fourth-order valence-corrected chi connectivity index (χ4v) is 3.64. The number of hydrogen-bond acceptors (Lipinski definition) is 6. The van der Waals surface area contributed by atoms with Crippen molar-refractivity contribution in [3.8, 4) is 5.69 Å². The van der Waals surface area contributed by atoms with E-state index in [1.807, 2.05) is 53.8 Å². The predicted molar refractivity (Wildman–Crippen MR) is 105 cm³/mol. The van der Waals surface area contributed by atoms with Crippen LogP contribution in [0.1, 0.15) is 29.4 Å². The van der Waals surface area contributed by atoms with Crippen LogP contribution >= 0.6 is 11.8 Å². The van der Waals surface area contributed by atoms with E-state index in [1.165, 1.54) is 17.3 Å². The van der Waals surface area contributed by atoms with Crippen molar-refractivity contribution in [2.75, 3.05) is 5.32 Å². The van der Waals surface area contributed by atoms with Gasteiger partial charge in [0, 0.05) is 7.05 Å². The number of nitrogens with zero attached hydrogens (tertiary/aromatic N) is 6. The van der Waals surface area contributed by atoms with Crippen molar-refractivity contribution in [2.45, 2.75) is 45.0 Å². The molecule has 0 unspecified atom stereocenters. The van der Waals surface area contributed by atoms with Crippen LogP contribution in [0.15, 0.2) is 23.4 Å². The third-order valence-corrected chi connectivity index (χ3v) is 5.46. The van der Waals surface area contributed by atoms with Gasteiger partial charge in [-0.3, -0.25) is 9.48 Å². The standard InChI is InChI=1S/C18H23N7OS/c1-10-7-8-15(11(2)9-10)25-18(20-22-23-25)27-14(5)17(26)19-16-12(3)21-24(6)13(16)4/h7-9,14H,1-6H3,(H,19,26)/t14-/m1/s1. The summed E-state index contributed by atoms with van der Waals surface area (Å²) in [6, 6.07) is 6.08. The molecule has 0 spiro atoms. The number of tetrazole rings is 1. The highest BCUT2D eigenvalue weighted by atomic mass is 32.2. The van der Waals surface area contributed by atoms with Gasteiger partial charge in [0.05, 0.1) is 28.0 Å². The zero-order valence-electron chi connectivity index (χ0n) is 16.3. The second-order valence-electron chi connectivity index (χ2n) is 6.58. The molecule has 0 bridgehead atoms. The van der Waals surface area contributed by atoms with Crippen LogP contribution in [0.5, 0.6) is 0 Å². The topological polar surface area (TPSA) is 90.5 Å². The van der Waals surface area contributed by atoms with Gasteiger partial charge in [0.15, 0.2) is 0 Å². The van der Waals surface area contributed by atoms with Crippen LogP contribution in [-0.4, -0.2) is 41.1 Å². The average molecular weight is 385 g/mol. The molecule has 1 N–H and O–H groups in total. The van der Waals surface area contributed by atoms with E-state index in [0.717, 1.165) is 28.3 Å². The summed E-state index contributed by atoms with van der Waals surface area (Å²) in [7, 11) is 1.86. The highest BCUT2D eigenvalue weighted by Gasteiger charge is 2.22. The molecule has 0 saturated carbocycles. The van der Waals surface area contributed by atoms with Crippen molar-refractivity contribution in [1.29, 1.82) is 0 Å². The summed E-state index contributed by atoms with van der Waals surface area (Å²) in [5.41, 5.74) is 5.61. The highest BCUT2D eigenvalue weighted by Crippen LogP contribution is 2.26.